The summed E-state index contributed by atoms with van der Waals surface area (Å²) in [6, 6.07) is 6.59. The SMILES string of the molecule is O=C(NC1CCCCCC1)c1cccc(S(=O)(=O)NC2CCCC2)c1. The molecule has 0 aromatic heterocycles. The highest BCUT2D eigenvalue weighted by atomic mass is 32.2. The second-order valence-corrected chi connectivity index (χ2v) is 9.01. The van der Waals surface area contributed by atoms with Gasteiger partial charge in [-0.3, -0.25) is 4.79 Å². The van der Waals surface area contributed by atoms with Gasteiger partial charge in [-0.2, -0.15) is 0 Å². The van der Waals surface area contributed by atoms with Crippen LogP contribution in [0, 0.1) is 0 Å². The monoisotopic (exact) mass is 364 g/mol. The van der Waals surface area contributed by atoms with Crippen LogP contribution in [0.4, 0.5) is 0 Å². The van der Waals surface area contributed by atoms with Crippen molar-refractivity contribution in [1.29, 1.82) is 0 Å². The van der Waals surface area contributed by atoms with Crippen LogP contribution >= 0.6 is 0 Å². The largest absolute Gasteiger partial charge is 0.349 e. The highest BCUT2D eigenvalue weighted by Gasteiger charge is 2.24. The molecule has 0 bridgehead atoms. The van der Waals surface area contributed by atoms with Crippen LogP contribution in [0.15, 0.2) is 29.2 Å². The van der Waals surface area contributed by atoms with Crippen LogP contribution in [0.25, 0.3) is 0 Å². The van der Waals surface area contributed by atoms with Crippen molar-refractivity contribution in [1.82, 2.24) is 10.0 Å². The topological polar surface area (TPSA) is 75.3 Å². The minimum Gasteiger partial charge on any atom is -0.349 e. The zero-order chi connectivity index (χ0) is 17.7. The Kier molecular flexibility index (Phi) is 6.12. The summed E-state index contributed by atoms with van der Waals surface area (Å²) in [6.45, 7) is 0. The van der Waals surface area contributed by atoms with E-state index < -0.39 is 10.0 Å². The molecular formula is C19H28N2O3S. The molecule has 2 saturated carbocycles. The second kappa shape index (κ2) is 8.32. The number of carbonyl (C=O) groups excluding carboxylic acids is 1. The van der Waals surface area contributed by atoms with E-state index in [1.165, 1.54) is 18.9 Å². The van der Waals surface area contributed by atoms with Gasteiger partial charge in [0, 0.05) is 17.6 Å². The fraction of sp³-hybridized carbons (Fsp3) is 0.632. The number of hydrogen-bond acceptors (Lipinski definition) is 3. The Morgan fingerprint density at radius 2 is 1.48 bits per heavy atom. The third-order valence-corrected chi connectivity index (χ3v) is 6.79. The molecule has 0 atom stereocenters. The van der Waals surface area contributed by atoms with Gasteiger partial charge in [-0.15, -0.1) is 0 Å². The molecule has 1 amide bonds. The Hall–Kier alpha value is -1.40. The number of hydrogen-bond donors (Lipinski definition) is 2. The molecule has 0 spiro atoms. The van der Waals surface area contributed by atoms with Crippen molar-refractivity contribution in [2.24, 2.45) is 0 Å². The lowest BCUT2D eigenvalue weighted by atomic mass is 10.1. The highest BCUT2D eigenvalue weighted by molar-refractivity contribution is 7.89. The Bertz CT molecular complexity index is 688. The van der Waals surface area contributed by atoms with Crippen molar-refractivity contribution in [3.05, 3.63) is 29.8 Å². The maximum atomic E-state index is 12.6. The van der Waals surface area contributed by atoms with E-state index in [9.17, 15) is 13.2 Å². The normalized spacial score (nSPS) is 20.3. The number of sulfonamides is 1. The fourth-order valence-corrected chi connectivity index (χ4v) is 5.18. The number of carbonyl (C=O) groups is 1. The lowest BCUT2D eigenvalue weighted by Crippen LogP contribution is -2.35. The molecule has 6 heteroatoms. The van der Waals surface area contributed by atoms with Gasteiger partial charge < -0.3 is 5.32 Å². The predicted molar refractivity (Wildman–Crippen MR) is 98.0 cm³/mol. The van der Waals surface area contributed by atoms with Gasteiger partial charge in [0.1, 0.15) is 0 Å². The second-order valence-electron chi connectivity index (χ2n) is 7.29. The van der Waals surface area contributed by atoms with Crippen molar-refractivity contribution in [3.63, 3.8) is 0 Å². The molecule has 0 unspecified atom stereocenters. The molecule has 2 fully saturated rings. The summed E-state index contributed by atoms with van der Waals surface area (Å²) in [4.78, 5) is 12.7. The number of amides is 1. The van der Waals surface area contributed by atoms with Crippen LogP contribution in [-0.4, -0.2) is 26.4 Å². The molecule has 0 saturated heterocycles. The van der Waals surface area contributed by atoms with Gasteiger partial charge in [-0.25, -0.2) is 13.1 Å². The zero-order valence-electron chi connectivity index (χ0n) is 14.7. The van der Waals surface area contributed by atoms with Gasteiger partial charge in [-0.05, 0) is 43.9 Å². The summed E-state index contributed by atoms with van der Waals surface area (Å²) in [6.07, 6.45) is 10.7. The Labute approximate surface area is 150 Å². The van der Waals surface area contributed by atoms with Gasteiger partial charge >= 0.3 is 0 Å². The first-order valence-electron chi connectivity index (χ1n) is 9.48. The zero-order valence-corrected chi connectivity index (χ0v) is 15.5. The standard InChI is InChI=1S/C19H28N2O3S/c22-19(20-16-9-3-1-2-4-10-16)15-8-7-13-18(14-15)25(23,24)21-17-11-5-6-12-17/h7-8,13-14,16-17,21H,1-6,9-12H2,(H,20,22). The third kappa shape index (κ3) is 5.05. The van der Waals surface area contributed by atoms with Crippen molar-refractivity contribution >= 4 is 15.9 Å². The van der Waals surface area contributed by atoms with Gasteiger partial charge in [0.05, 0.1) is 4.90 Å². The number of nitrogens with one attached hydrogen (secondary N) is 2. The summed E-state index contributed by atoms with van der Waals surface area (Å²) in [7, 11) is -3.57. The van der Waals surface area contributed by atoms with Crippen LogP contribution in [-0.2, 0) is 10.0 Å². The quantitative estimate of drug-likeness (QED) is 0.787. The van der Waals surface area contributed by atoms with Gasteiger partial charge in [0.25, 0.3) is 5.91 Å². The molecule has 2 aliphatic rings. The van der Waals surface area contributed by atoms with E-state index in [0.717, 1.165) is 51.4 Å². The molecule has 1 aromatic rings. The average molecular weight is 365 g/mol. The van der Waals surface area contributed by atoms with E-state index in [1.54, 1.807) is 18.2 Å². The molecule has 0 heterocycles. The van der Waals surface area contributed by atoms with Crippen LogP contribution in [0.5, 0.6) is 0 Å². The van der Waals surface area contributed by atoms with E-state index in [4.69, 9.17) is 0 Å². The molecule has 0 aliphatic heterocycles. The molecule has 25 heavy (non-hydrogen) atoms. The summed E-state index contributed by atoms with van der Waals surface area (Å²) >= 11 is 0. The van der Waals surface area contributed by atoms with Crippen molar-refractivity contribution in [3.8, 4) is 0 Å². The third-order valence-electron chi connectivity index (χ3n) is 5.27. The number of rotatable bonds is 5. The minimum atomic E-state index is -3.57. The van der Waals surface area contributed by atoms with E-state index >= 15 is 0 Å². The van der Waals surface area contributed by atoms with Gasteiger partial charge in [0.15, 0.2) is 0 Å². The minimum absolute atomic E-state index is 0.0217. The Morgan fingerprint density at radius 3 is 2.16 bits per heavy atom. The first-order valence-corrected chi connectivity index (χ1v) is 11.0. The van der Waals surface area contributed by atoms with E-state index in [1.807, 2.05) is 0 Å². The lowest BCUT2D eigenvalue weighted by Gasteiger charge is -2.17. The fourth-order valence-electron chi connectivity index (χ4n) is 3.83. The highest BCUT2D eigenvalue weighted by Crippen LogP contribution is 2.21. The molecule has 3 rings (SSSR count). The van der Waals surface area contributed by atoms with E-state index in [2.05, 4.69) is 10.0 Å². The molecule has 2 N–H and O–H groups in total. The van der Waals surface area contributed by atoms with Crippen molar-refractivity contribution in [2.75, 3.05) is 0 Å². The Morgan fingerprint density at radius 1 is 0.880 bits per heavy atom. The maximum absolute atomic E-state index is 12.6. The van der Waals surface area contributed by atoms with Crippen molar-refractivity contribution in [2.45, 2.75) is 81.2 Å². The Balaban J connectivity index is 1.68. The van der Waals surface area contributed by atoms with Crippen LogP contribution in [0.1, 0.15) is 74.6 Å². The average Bonchev–Trinajstić information content (AvgIpc) is 2.96. The number of benzene rings is 1. The summed E-state index contributed by atoms with van der Waals surface area (Å²) in [5.41, 5.74) is 0.415. The van der Waals surface area contributed by atoms with Gasteiger partial charge in [0.2, 0.25) is 10.0 Å². The first kappa shape index (κ1) is 18.4. The van der Waals surface area contributed by atoms with Crippen molar-refractivity contribution < 1.29 is 13.2 Å². The van der Waals surface area contributed by atoms with E-state index in [0.29, 0.717) is 5.56 Å². The molecule has 5 nitrogen and oxygen atoms in total. The molecule has 0 radical (unpaired) electrons. The lowest BCUT2D eigenvalue weighted by molar-refractivity contribution is 0.0933. The van der Waals surface area contributed by atoms with Crippen LogP contribution in [0.2, 0.25) is 0 Å². The summed E-state index contributed by atoms with van der Waals surface area (Å²) < 4.78 is 27.9. The summed E-state index contributed by atoms with van der Waals surface area (Å²) in [5.74, 6) is -0.176. The van der Waals surface area contributed by atoms with Crippen LogP contribution < -0.4 is 10.0 Å². The predicted octanol–water partition coefficient (Wildman–Crippen LogP) is 3.36. The molecule has 1 aromatic carbocycles. The first-order chi connectivity index (χ1) is 12.0. The smallest absolute Gasteiger partial charge is 0.251 e. The molecular weight excluding hydrogens is 336 g/mol. The van der Waals surface area contributed by atoms with Gasteiger partial charge in [-0.1, -0.05) is 44.6 Å². The van der Waals surface area contributed by atoms with E-state index in [-0.39, 0.29) is 22.9 Å². The maximum Gasteiger partial charge on any atom is 0.251 e. The van der Waals surface area contributed by atoms with Crippen LogP contribution in [0.3, 0.4) is 0 Å². The summed E-state index contributed by atoms with van der Waals surface area (Å²) in [5, 5.41) is 3.07. The molecule has 138 valence electrons. The molecule has 2 aliphatic carbocycles.